The molecule has 2 bridgehead atoms. The largest absolute Gasteiger partial charge is 0.481 e. The van der Waals surface area contributed by atoms with Gasteiger partial charge in [-0.1, -0.05) is 11.1 Å². The van der Waals surface area contributed by atoms with E-state index in [9.17, 15) is 14.7 Å². The number of carbonyl (C=O) groups excluding carboxylic acids is 1. The van der Waals surface area contributed by atoms with Gasteiger partial charge in [0.15, 0.2) is 5.79 Å². The number of likely N-dealkylation sites (tertiary alicyclic amines) is 1. The number of aliphatic carboxylic acids is 1. The molecule has 1 spiro atoms. The van der Waals surface area contributed by atoms with Crippen LogP contribution in [0.2, 0.25) is 0 Å². The number of fused-ring (bicyclic) bond motifs is 2. The summed E-state index contributed by atoms with van der Waals surface area (Å²) in [5, 5.41) is 9.79. The maximum Gasteiger partial charge on any atom is 0.307 e. The summed E-state index contributed by atoms with van der Waals surface area (Å²) >= 11 is 0. The summed E-state index contributed by atoms with van der Waals surface area (Å²) in [5.74, 6) is -2.13. The lowest BCUT2D eigenvalue weighted by atomic mass is 9.78. The fraction of sp³-hybridized carbons (Fsp3) is 0.789. The van der Waals surface area contributed by atoms with Gasteiger partial charge in [0.2, 0.25) is 5.91 Å². The van der Waals surface area contributed by atoms with Gasteiger partial charge in [-0.3, -0.25) is 9.59 Å². The van der Waals surface area contributed by atoms with Crippen molar-refractivity contribution in [2.45, 2.75) is 45.3 Å². The van der Waals surface area contributed by atoms with Crippen molar-refractivity contribution in [1.82, 2.24) is 4.90 Å². The van der Waals surface area contributed by atoms with Gasteiger partial charge in [0, 0.05) is 25.9 Å². The van der Waals surface area contributed by atoms with Gasteiger partial charge < -0.3 is 19.5 Å². The molecule has 4 rings (SSSR count). The molecule has 0 aromatic rings. The Morgan fingerprint density at radius 2 is 1.60 bits per heavy atom. The van der Waals surface area contributed by atoms with Gasteiger partial charge in [0.25, 0.3) is 0 Å². The van der Waals surface area contributed by atoms with Crippen LogP contribution in [0.15, 0.2) is 11.1 Å². The Labute approximate surface area is 148 Å². The Morgan fingerprint density at radius 1 is 1.04 bits per heavy atom. The lowest BCUT2D eigenvalue weighted by Gasteiger charge is -2.40. The second kappa shape index (κ2) is 6.09. The highest BCUT2D eigenvalue weighted by molar-refractivity contribution is 5.87. The predicted octanol–water partition coefficient (Wildman–Crippen LogP) is 2.05. The number of carboxylic acid groups (broad SMARTS) is 1. The van der Waals surface area contributed by atoms with Gasteiger partial charge >= 0.3 is 5.97 Å². The van der Waals surface area contributed by atoms with Crippen LogP contribution in [0.3, 0.4) is 0 Å². The maximum atomic E-state index is 13.2. The SMILES string of the molecule is CC(C)=C1[C@H]2CC[C@@H]1[C@@H](C(=O)N1CCC3(CC1)OCCO3)[C@@H]2C(=O)O. The molecular weight excluding hydrogens is 322 g/mol. The van der Waals surface area contributed by atoms with Crippen molar-refractivity contribution < 1.29 is 24.2 Å². The number of amides is 1. The molecule has 6 heteroatoms. The summed E-state index contributed by atoms with van der Waals surface area (Å²) in [6, 6.07) is 0. The van der Waals surface area contributed by atoms with Crippen molar-refractivity contribution >= 4 is 11.9 Å². The van der Waals surface area contributed by atoms with Gasteiger partial charge in [-0.15, -0.1) is 0 Å². The van der Waals surface area contributed by atoms with Crippen molar-refractivity contribution in [2.24, 2.45) is 23.7 Å². The molecular formula is C19H27NO5. The number of nitrogens with zero attached hydrogens (tertiary/aromatic N) is 1. The molecule has 4 fully saturated rings. The van der Waals surface area contributed by atoms with E-state index in [4.69, 9.17) is 9.47 Å². The van der Waals surface area contributed by atoms with E-state index in [0.29, 0.717) is 39.1 Å². The number of hydrogen-bond donors (Lipinski definition) is 1. The molecule has 4 atom stereocenters. The molecule has 0 aromatic carbocycles. The summed E-state index contributed by atoms with van der Waals surface area (Å²) in [6.45, 7) is 6.50. The number of hydrogen-bond acceptors (Lipinski definition) is 4. The second-order valence-corrected chi connectivity index (χ2v) is 8.07. The third-order valence-corrected chi connectivity index (χ3v) is 6.64. The van der Waals surface area contributed by atoms with E-state index >= 15 is 0 Å². The summed E-state index contributed by atoms with van der Waals surface area (Å²) in [6.07, 6.45) is 3.19. The van der Waals surface area contributed by atoms with Crippen molar-refractivity contribution in [3.63, 3.8) is 0 Å². The second-order valence-electron chi connectivity index (χ2n) is 8.07. The lowest BCUT2D eigenvalue weighted by Crippen LogP contribution is -2.51. The minimum absolute atomic E-state index is 0.0196. The molecule has 25 heavy (non-hydrogen) atoms. The molecule has 0 radical (unpaired) electrons. The molecule has 0 aromatic heterocycles. The van der Waals surface area contributed by atoms with Crippen LogP contribution < -0.4 is 0 Å². The fourth-order valence-corrected chi connectivity index (χ4v) is 5.65. The number of allylic oxidation sites excluding steroid dienone is 2. The van der Waals surface area contributed by atoms with Gasteiger partial charge in [0.05, 0.1) is 25.0 Å². The van der Waals surface area contributed by atoms with Crippen LogP contribution in [0, 0.1) is 23.7 Å². The predicted molar refractivity (Wildman–Crippen MR) is 89.7 cm³/mol. The van der Waals surface area contributed by atoms with Gasteiger partial charge in [-0.05, 0) is 38.5 Å². The first-order chi connectivity index (χ1) is 11.9. The molecule has 4 aliphatic rings. The molecule has 0 unspecified atom stereocenters. The Kier molecular flexibility index (Phi) is 4.15. The van der Waals surface area contributed by atoms with Crippen LogP contribution in [-0.4, -0.2) is 54.0 Å². The highest BCUT2D eigenvalue weighted by Gasteiger charge is 2.58. The van der Waals surface area contributed by atoms with Crippen molar-refractivity contribution in [3.05, 3.63) is 11.1 Å². The van der Waals surface area contributed by atoms with Gasteiger partial charge in [-0.2, -0.15) is 0 Å². The van der Waals surface area contributed by atoms with Crippen molar-refractivity contribution in [2.75, 3.05) is 26.3 Å². The minimum atomic E-state index is -0.819. The zero-order valence-electron chi connectivity index (χ0n) is 15.0. The summed E-state index contributed by atoms with van der Waals surface area (Å²) in [4.78, 5) is 27.0. The van der Waals surface area contributed by atoms with Gasteiger partial charge in [-0.25, -0.2) is 0 Å². The lowest BCUT2D eigenvalue weighted by molar-refractivity contribution is -0.189. The highest BCUT2D eigenvalue weighted by atomic mass is 16.7. The molecule has 2 aliphatic carbocycles. The summed E-state index contributed by atoms with van der Waals surface area (Å²) < 4.78 is 11.5. The third kappa shape index (κ3) is 2.61. The van der Waals surface area contributed by atoms with E-state index in [1.165, 1.54) is 11.1 Å². The number of ether oxygens (including phenoxy) is 2. The fourth-order valence-electron chi connectivity index (χ4n) is 5.65. The number of piperidine rings is 1. The number of carboxylic acids is 1. The van der Waals surface area contributed by atoms with E-state index in [2.05, 4.69) is 0 Å². The molecule has 138 valence electrons. The quantitative estimate of drug-likeness (QED) is 0.772. The minimum Gasteiger partial charge on any atom is -0.481 e. The maximum absolute atomic E-state index is 13.2. The van der Waals surface area contributed by atoms with Crippen molar-refractivity contribution in [1.29, 1.82) is 0 Å². The Bertz CT molecular complexity index is 607. The smallest absolute Gasteiger partial charge is 0.307 e. The molecule has 6 nitrogen and oxygen atoms in total. The average Bonchev–Trinajstić information content (AvgIpc) is 3.28. The highest BCUT2D eigenvalue weighted by Crippen LogP contribution is 2.57. The van der Waals surface area contributed by atoms with E-state index in [-0.39, 0.29) is 17.7 Å². The van der Waals surface area contributed by atoms with Crippen LogP contribution in [0.4, 0.5) is 0 Å². The molecule has 1 N–H and O–H groups in total. The van der Waals surface area contributed by atoms with E-state index in [0.717, 1.165) is 12.8 Å². The van der Waals surface area contributed by atoms with E-state index in [1.807, 2.05) is 18.7 Å². The number of carbonyl (C=O) groups is 2. The zero-order chi connectivity index (χ0) is 17.8. The van der Waals surface area contributed by atoms with Gasteiger partial charge in [0.1, 0.15) is 0 Å². The molecule has 2 heterocycles. The van der Waals surface area contributed by atoms with Crippen LogP contribution in [-0.2, 0) is 19.1 Å². The first-order valence-electron chi connectivity index (χ1n) is 9.40. The van der Waals surface area contributed by atoms with Crippen LogP contribution in [0.25, 0.3) is 0 Å². The first kappa shape index (κ1) is 17.0. The van der Waals surface area contributed by atoms with E-state index in [1.54, 1.807) is 0 Å². The average molecular weight is 349 g/mol. The topological polar surface area (TPSA) is 76.1 Å². The third-order valence-electron chi connectivity index (χ3n) is 6.64. The standard InChI is InChI=1S/C19H27NO5/c1-11(2)14-12-3-4-13(14)16(18(22)23)15(12)17(21)20-7-5-19(6-8-20)24-9-10-25-19/h12-13,15-16H,3-10H2,1-2H3,(H,22,23)/t12-,13+,15+,16+/m0/s1. The first-order valence-corrected chi connectivity index (χ1v) is 9.40. The molecule has 2 aliphatic heterocycles. The Morgan fingerprint density at radius 3 is 2.12 bits per heavy atom. The summed E-state index contributed by atoms with van der Waals surface area (Å²) in [7, 11) is 0. The normalized spacial score (nSPS) is 36.2. The molecule has 2 saturated carbocycles. The van der Waals surface area contributed by atoms with Crippen LogP contribution in [0.1, 0.15) is 39.5 Å². The zero-order valence-corrected chi connectivity index (χ0v) is 15.0. The van der Waals surface area contributed by atoms with Crippen LogP contribution >= 0.6 is 0 Å². The number of rotatable bonds is 2. The summed E-state index contributed by atoms with van der Waals surface area (Å²) in [5.41, 5.74) is 2.43. The van der Waals surface area contributed by atoms with Crippen molar-refractivity contribution in [3.8, 4) is 0 Å². The molecule has 2 saturated heterocycles. The monoisotopic (exact) mass is 349 g/mol. The van der Waals surface area contributed by atoms with E-state index < -0.39 is 23.6 Å². The Balaban J connectivity index is 1.53. The van der Waals surface area contributed by atoms with Crippen LogP contribution in [0.5, 0.6) is 0 Å². The molecule has 1 amide bonds. The Hall–Kier alpha value is -1.40.